The maximum Gasteiger partial charge on any atom is 0.307 e. The van der Waals surface area contributed by atoms with E-state index < -0.39 is 17.5 Å². The van der Waals surface area contributed by atoms with E-state index in [1.165, 1.54) is 0 Å². The fraction of sp³-hybridized carbons (Fsp3) is 0.667. The van der Waals surface area contributed by atoms with E-state index in [0.717, 1.165) is 22.9 Å². The molecule has 0 aromatic carbocycles. The van der Waals surface area contributed by atoms with Crippen molar-refractivity contribution in [3.8, 4) is 0 Å². The predicted octanol–water partition coefficient (Wildman–Crippen LogP) is 4.48. The topological polar surface area (TPSA) is 88.6 Å². The van der Waals surface area contributed by atoms with Gasteiger partial charge in [-0.05, 0) is 67.1 Å². The van der Waals surface area contributed by atoms with Crippen molar-refractivity contribution in [3.05, 3.63) is 28.5 Å². The molecule has 1 rings (SSSR count). The van der Waals surface area contributed by atoms with Crippen LogP contribution in [0.15, 0.2) is 22.9 Å². The van der Waals surface area contributed by atoms with Crippen LogP contribution in [0.2, 0.25) is 0 Å². The highest BCUT2D eigenvalue weighted by atomic mass is 79.9. The summed E-state index contributed by atoms with van der Waals surface area (Å²) in [5, 5.41) is 2.75. The quantitative estimate of drug-likeness (QED) is 0.417. The van der Waals surface area contributed by atoms with Crippen LogP contribution in [-0.2, 0) is 25.7 Å². The Kier molecular flexibility index (Phi) is 11.9. The molecule has 1 aromatic heterocycles. The number of unbranched alkanes of at least 4 members (excludes halogenated alkanes) is 1. The first-order chi connectivity index (χ1) is 14.9. The third kappa shape index (κ3) is 11.6. The Bertz CT molecular complexity index is 762. The number of aromatic nitrogens is 1. The standard InChI is InChI=1S/C24H38BrN3O4/c1-7-8-9-28(16-18-11-20(25)14-26-13-18)21(29)15-27-23(31)19(10-17(2)3)12-22(30)32-24(4,5)6/h11,13-14,17,19H,7-10,12,15-16H2,1-6H3,(H,27,31). The lowest BCUT2D eigenvalue weighted by molar-refractivity contribution is -0.157. The Balaban J connectivity index is 2.77. The van der Waals surface area contributed by atoms with Gasteiger partial charge < -0.3 is 15.0 Å². The Morgan fingerprint density at radius 2 is 1.91 bits per heavy atom. The predicted molar refractivity (Wildman–Crippen MR) is 129 cm³/mol. The van der Waals surface area contributed by atoms with E-state index in [4.69, 9.17) is 4.74 Å². The Morgan fingerprint density at radius 1 is 1.22 bits per heavy atom. The van der Waals surface area contributed by atoms with Gasteiger partial charge in [-0.25, -0.2) is 0 Å². The first-order valence-electron chi connectivity index (χ1n) is 11.3. The van der Waals surface area contributed by atoms with Gasteiger partial charge in [-0.2, -0.15) is 0 Å². The Hall–Kier alpha value is -1.96. The minimum atomic E-state index is -0.604. The lowest BCUT2D eigenvalue weighted by Crippen LogP contribution is -2.43. The molecule has 1 N–H and O–H groups in total. The van der Waals surface area contributed by atoms with E-state index in [9.17, 15) is 14.4 Å². The van der Waals surface area contributed by atoms with Gasteiger partial charge in [-0.1, -0.05) is 27.2 Å². The lowest BCUT2D eigenvalue weighted by atomic mass is 9.93. The average Bonchev–Trinajstić information content (AvgIpc) is 2.66. The number of pyridine rings is 1. The van der Waals surface area contributed by atoms with Crippen LogP contribution in [0.1, 0.15) is 72.8 Å². The monoisotopic (exact) mass is 511 g/mol. The number of amides is 2. The molecule has 2 amide bonds. The number of esters is 1. The van der Waals surface area contributed by atoms with Gasteiger partial charge in [-0.3, -0.25) is 19.4 Å². The van der Waals surface area contributed by atoms with Gasteiger partial charge in [0.15, 0.2) is 0 Å². The minimum Gasteiger partial charge on any atom is -0.460 e. The summed E-state index contributed by atoms with van der Waals surface area (Å²) in [4.78, 5) is 43.9. The third-order valence-corrected chi connectivity index (χ3v) is 5.08. The number of halogens is 1. The molecule has 0 aliphatic carbocycles. The highest BCUT2D eigenvalue weighted by Gasteiger charge is 2.27. The summed E-state index contributed by atoms with van der Waals surface area (Å²) < 4.78 is 6.23. The summed E-state index contributed by atoms with van der Waals surface area (Å²) in [6.45, 7) is 12.4. The normalized spacial score (nSPS) is 12.4. The van der Waals surface area contributed by atoms with Gasteiger partial charge in [-0.15, -0.1) is 0 Å². The van der Waals surface area contributed by atoms with E-state index in [-0.39, 0.29) is 30.7 Å². The molecule has 0 saturated heterocycles. The molecule has 0 fully saturated rings. The van der Waals surface area contributed by atoms with E-state index in [2.05, 4.69) is 33.2 Å². The van der Waals surface area contributed by atoms with Gasteiger partial charge in [0.05, 0.1) is 13.0 Å². The van der Waals surface area contributed by atoms with Crippen LogP contribution < -0.4 is 5.32 Å². The number of ether oxygens (including phenoxy) is 1. The number of rotatable bonds is 12. The molecule has 1 aromatic rings. The molecule has 1 unspecified atom stereocenters. The van der Waals surface area contributed by atoms with Gasteiger partial charge in [0.25, 0.3) is 0 Å². The molecule has 7 nitrogen and oxygen atoms in total. The minimum absolute atomic E-state index is 0.00126. The molecule has 0 radical (unpaired) electrons. The Morgan fingerprint density at radius 3 is 2.47 bits per heavy atom. The van der Waals surface area contributed by atoms with E-state index >= 15 is 0 Å². The lowest BCUT2D eigenvalue weighted by Gasteiger charge is -2.25. The summed E-state index contributed by atoms with van der Waals surface area (Å²) in [7, 11) is 0. The molecule has 0 aliphatic rings. The number of carbonyl (C=O) groups excluding carboxylic acids is 3. The van der Waals surface area contributed by atoms with Crippen molar-refractivity contribution in [1.29, 1.82) is 0 Å². The molecule has 1 heterocycles. The maximum atomic E-state index is 12.9. The molecule has 0 saturated carbocycles. The largest absolute Gasteiger partial charge is 0.460 e. The van der Waals surface area contributed by atoms with Crippen molar-refractivity contribution < 1.29 is 19.1 Å². The maximum absolute atomic E-state index is 12.9. The molecular weight excluding hydrogens is 474 g/mol. The Labute approximate surface area is 200 Å². The molecular formula is C24H38BrN3O4. The zero-order chi connectivity index (χ0) is 24.3. The number of nitrogens with zero attached hydrogens (tertiary/aromatic N) is 2. The zero-order valence-corrected chi connectivity index (χ0v) is 21.8. The summed E-state index contributed by atoms with van der Waals surface area (Å²) in [5.74, 6) is -1.16. The third-order valence-electron chi connectivity index (χ3n) is 4.64. The van der Waals surface area contributed by atoms with E-state index in [1.54, 1.807) is 38.1 Å². The second kappa shape index (κ2) is 13.6. The van der Waals surface area contributed by atoms with Crippen LogP contribution >= 0.6 is 15.9 Å². The van der Waals surface area contributed by atoms with Crippen molar-refractivity contribution >= 4 is 33.7 Å². The average molecular weight is 512 g/mol. The van der Waals surface area contributed by atoms with Gasteiger partial charge in [0.1, 0.15) is 5.60 Å². The summed E-state index contributed by atoms with van der Waals surface area (Å²) in [6, 6.07) is 1.93. The van der Waals surface area contributed by atoms with Crippen molar-refractivity contribution in [1.82, 2.24) is 15.2 Å². The van der Waals surface area contributed by atoms with E-state index in [0.29, 0.717) is 19.5 Å². The summed E-state index contributed by atoms with van der Waals surface area (Å²) >= 11 is 3.40. The van der Waals surface area contributed by atoms with Crippen molar-refractivity contribution in [3.63, 3.8) is 0 Å². The number of hydrogen-bond donors (Lipinski definition) is 1. The molecule has 1 atom stereocenters. The van der Waals surface area contributed by atoms with Gasteiger partial charge in [0.2, 0.25) is 11.8 Å². The molecule has 0 aliphatic heterocycles. The number of nitrogens with one attached hydrogen (secondary N) is 1. The fourth-order valence-corrected chi connectivity index (χ4v) is 3.67. The number of carbonyl (C=O) groups is 3. The highest BCUT2D eigenvalue weighted by molar-refractivity contribution is 9.10. The van der Waals surface area contributed by atoms with E-state index in [1.807, 2.05) is 19.9 Å². The summed E-state index contributed by atoms with van der Waals surface area (Å²) in [6.07, 6.45) is 5.80. The second-order valence-corrected chi connectivity index (χ2v) is 10.4. The SMILES string of the molecule is CCCCN(Cc1cncc(Br)c1)C(=O)CNC(=O)C(CC(=O)OC(C)(C)C)CC(C)C. The van der Waals surface area contributed by atoms with Crippen LogP contribution in [0.4, 0.5) is 0 Å². The van der Waals surface area contributed by atoms with Crippen LogP contribution in [0.3, 0.4) is 0 Å². The van der Waals surface area contributed by atoms with Gasteiger partial charge >= 0.3 is 5.97 Å². The van der Waals surface area contributed by atoms with Crippen LogP contribution in [0.5, 0.6) is 0 Å². The smallest absolute Gasteiger partial charge is 0.307 e. The second-order valence-electron chi connectivity index (χ2n) is 9.52. The van der Waals surface area contributed by atoms with Gasteiger partial charge in [0, 0.05) is 35.9 Å². The number of hydrogen-bond acceptors (Lipinski definition) is 5. The first kappa shape index (κ1) is 28.1. The highest BCUT2D eigenvalue weighted by Crippen LogP contribution is 2.19. The zero-order valence-electron chi connectivity index (χ0n) is 20.2. The summed E-state index contributed by atoms with van der Waals surface area (Å²) in [5.41, 5.74) is 0.310. The van der Waals surface area contributed by atoms with Crippen LogP contribution in [0.25, 0.3) is 0 Å². The molecule has 8 heteroatoms. The molecule has 0 bridgehead atoms. The van der Waals surface area contributed by atoms with Crippen molar-refractivity contribution in [2.45, 2.75) is 79.4 Å². The molecule has 180 valence electrons. The fourth-order valence-electron chi connectivity index (χ4n) is 3.26. The van der Waals surface area contributed by atoms with Crippen LogP contribution in [-0.4, -0.2) is 46.4 Å². The molecule has 0 spiro atoms. The van der Waals surface area contributed by atoms with Crippen LogP contribution in [0, 0.1) is 11.8 Å². The molecule has 32 heavy (non-hydrogen) atoms. The van der Waals surface area contributed by atoms with Crippen molar-refractivity contribution in [2.24, 2.45) is 11.8 Å². The first-order valence-corrected chi connectivity index (χ1v) is 12.1. The van der Waals surface area contributed by atoms with Crippen molar-refractivity contribution in [2.75, 3.05) is 13.1 Å².